The van der Waals surface area contributed by atoms with Crippen molar-refractivity contribution in [2.24, 2.45) is 0 Å². The van der Waals surface area contributed by atoms with Gasteiger partial charge in [-0.15, -0.1) is 0 Å². The van der Waals surface area contributed by atoms with Gasteiger partial charge in [0.25, 0.3) is 0 Å². The van der Waals surface area contributed by atoms with Gasteiger partial charge < -0.3 is 10.2 Å². The molecule has 2 aromatic carbocycles. The third-order valence-corrected chi connectivity index (χ3v) is 9.08. The first kappa shape index (κ1) is 31.2. The number of carbonyl (C=O) groups is 2. The second-order valence-electron chi connectivity index (χ2n) is 10.6. The molecule has 0 aliphatic heterocycles. The van der Waals surface area contributed by atoms with Crippen molar-refractivity contribution in [2.75, 3.05) is 17.1 Å². The molecule has 0 bridgehead atoms. The van der Waals surface area contributed by atoms with Crippen molar-refractivity contribution in [1.29, 1.82) is 0 Å². The normalized spacial score (nSPS) is 15.2. The monoisotopic (exact) mass is 595 g/mol. The summed E-state index contributed by atoms with van der Waals surface area (Å²) in [4.78, 5) is 28.8. The van der Waals surface area contributed by atoms with E-state index in [2.05, 4.69) is 19.2 Å². The molecule has 1 fully saturated rings. The standard InChI is InChI=1S/C29H39Cl2N3O4S/c1-5-27(29(36)32-23-9-7-6-8-10-23)33(18-21-11-16-25(30)26(31)17-21)28(35)19-34(39(4,37)38)24-14-12-22(13-15-24)20(2)3/h11-17,20,23,27H,5-10,18-19H2,1-4H3,(H,32,36). The molecule has 0 heterocycles. The van der Waals surface area contributed by atoms with Crippen LogP contribution in [0.4, 0.5) is 5.69 Å². The van der Waals surface area contributed by atoms with E-state index in [0.29, 0.717) is 27.7 Å². The van der Waals surface area contributed by atoms with E-state index in [-0.39, 0.29) is 24.4 Å². The Morgan fingerprint density at radius 1 is 1.00 bits per heavy atom. The van der Waals surface area contributed by atoms with E-state index >= 15 is 0 Å². The molecule has 1 aliphatic rings. The Morgan fingerprint density at radius 2 is 1.64 bits per heavy atom. The maximum absolute atomic E-state index is 13.9. The summed E-state index contributed by atoms with van der Waals surface area (Å²) < 4.78 is 26.7. The maximum atomic E-state index is 13.9. The lowest BCUT2D eigenvalue weighted by Crippen LogP contribution is -2.53. The molecule has 3 rings (SSSR count). The maximum Gasteiger partial charge on any atom is 0.244 e. The average molecular weight is 597 g/mol. The van der Waals surface area contributed by atoms with Crippen molar-refractivity contribution < 1.29 is 18.0 Å². The molecular formula is C29H39Cl2N3O4S. The highest BCUT2D eigenvalue weighted by molar-refractivity contribution is 7.92. The van der Waals surface area contributed by atoms with Crippen molar-refractivity contribution >= 4 is 50.7 Å². The first-order valence-electron chi connectivity index (χ1n) is 13.5. The van der Waals surface area contributed by atoms with Crippen LogP contribution in [0.3, 0.4) is 0 Å². The Labute approximate surface area is 242 Å². The van der Waals surface area contributed by atoms with Crippen LogP contribution in [0.25, 0.3) is 0 Å². The fourth-order valence-corrected chi connectivity index (χ4v) is 6.11. The number of carbonyl (C=O) groups excluding carboxylic acids is 2. The largest absolute Gasteiger partial charge is 0.352 e. The van der Waals surface area contributed by atoms with Crippen molar-refractivity contribution in [1.82, 2.24) is 10.2 Å². The van der Waals surface area contributed by atoms with Crippen LogP contribution >= 0.6 is 23.2 Å². The molecule has 1 saturated carbocycles. The van der Waals surface area contributed by atoms with Crippen LogP contribution in [0.2, 0.25) is 10.0 Å². The molecule has 39 heavy (non-hydrogen) atoms. The summed E-state index contributed by atoms with van der Waals surface area (Å²) in [6.45, 7) is 5.60. The predicted molar refractivity (Wildman–Crippen MR) is 159 cm³/mol. The van der Waals surface area contributed by atoms with Gasteiger partial charge in [-0.1, -0.05) is 81.4 Å². The molecule has 1 aliphatic carbocycles. The van der Waals surface area contributed by atoms with Gasteiger partial charge in [0.1, 0.15) is 12.6 Å². The van der Waals surface area contributed by atoms with Crippen LogP contribution in [-0.2, 0) is 26.2 Å². The number of nitrogens with one attached hydrogen (secondary N) is 1. The number of halogens is 2. The van der Waals surface area contributed by atoms with Gasteiger partial charge in [0.15, 0.2) is 0 Å². The average Bonchev–Trinajstić information content (AvgIpc) is 2.89. The summed E-state index contributed by atoms with van der Waals surface area (Å²) in [5.41, 5.74) is 2.14. The zero-order chi connectivity index (χ0) is 28.7. The van der Waals surface area contributed by atoms with E-state index in [1.165, 1.54) is 4.90 Å². The molecule has 1 unspecified atom stereocenters. The Kier molecular flexibility index (Phi) is 11.1. The van der Waals surface area contributed by atoms with Crippen molar-refractivity contribution in [3.05, 3.63) is 63.6 Å². The molecule has 2 amide bonds. The molecule has 0 saturated heterocycles. The molecule has 214 valence electrons. The summed E-state index contributed by atoms with van der Waals surface area (Å²) in [7, 11) is -3.79. The van der Waals surface area contributed by atoms with Gasteiger partial charge in [0.2, 0.25) is 21.8 Å². The first-order chi connectivity index (χ1) is 18.4. The molecule has 7 nitrogen and oxygen atoms in total. The predicted octanol–water partition coefficient (Wildman–Crippen LogP) is 6.14. The van der Waals surface area contributed by atoms with Gasteiger partial charge in [-0.05, 0) is 60.6 Å². The molecule has 0 aromatic heterocycles. The van der Waals surface area contributed by atoms with E-state index in [9.17, 15) is 18.0 Å². The van der Waals surface area contributed by atoms with Gasteiger partial charge >= 0.3 is 0 Å². The zero-order valence-electron chi connectivity index (χ0n) is 23.1. The summed E-state index contributed by atoms with van der Waals surface area (Å²) in [6, 6.07) is 11.5. The van der Waals surface area contributed by atoms with Crippen LogP contribution < -0.4 is 9.62 Å². The Morgan fingerprint density at radius 3 is 2.18 bits per heavy atom. The lowest BCUT2D eigenvalue weighted by atomic mass is 9.95. The van der Waals surface area contributed by atoms with Gasteiger partial charge in [-0.3, -0.25) is 13.9 Å². The van der Waals surface area contributed by atoms with Crippen molar-refractivity contribution in [3.8, 4) is 0 Å². The Hall–Kier alpha value is -2.29. The number of nitrogens with zero attached hydrogens (tertiary/aromatic N) is 2. The van der Waals surface area contributed by atoms with Crippen molar-refractivity contribution in [2.45, 2.75) is 83.8 Å². The number of sulfonamides is 1. The van der Waals surface area contributed by atoms with Crippen LogP contribution in [0.15, 0.2) is 42.5 Å². The van der Waals surface area contributed by atoms with E-state index in [1.54, 1.807) is 30.3 Å². The van der Waals surface area contributed by atoms with Gasteiger partial charge in [0.05, 0.1) is 22.0 Å². The van der Waals surface area contributed by atoms with Gasteiger partial charge in [0, 0.05) is 12.6 Å². The van der Waals surface area contributed by atoms with E-state index < -0.39 is 28.5 Å². The smallest absolute Gasteiger partial charge is 0.244 e. The SMILES string of the molecule is CCC(C(=O)NC1CCCCC1)N(Cc1ccc(Cl)c(Cl)c1)C(=O)CN(c1ccc(C(C)C)cc1)S(C)(=O)=O. The van der Waals surface area contributed by atoms with E-state index in [4.69, 9.17) is 23.2 Å². The number of benzene rings is 2. The fraction of sp³-hybridized carbons (Fsp3) is 0.517. The van der Waals surface area contributed by atoms with Gasteiger partial charge in [-0.25, -0.2) is 8.42 Å². The quantitative estimate of drug-likeness (QED) is 0.338. The third kappa shape index (κ3) is 8.60. The summed E-state index contributed by atoms with van der Waals surface area (Å²) in [6.07, 6.45) is 6.55. The van der Waals surface area contributed by atoms with Crippen LogP contribution in [0.5, 0.6) is 0 Å². The summed E-state index contributed by atoms with van der Waals surface area (Å²) in [5, 5.41) is 3.85. The molecule has 2 aromatic rings. The zero-order valence-corrected chi connectivity index (χ0v) is 25.5. The molecule has 0 radical (unpaired) electrons. The highest BCUT2D eigenvalue weighted by Crippen LogP contribution is 2.26. The van der Waals surface area contributed by atoms with E-state index in [0.717, 1.165) is 48.2 Å². The number of anilines is 1. The van der Waals surface area contributed by atoms with Gasteiger partial charge in [-0.2, -0.15) is 0 Å². The molecule has 1 N–H and O–H groups in total. The van der Waals surface area contributed by atoms with Crippen molar-refractivity contribution in [3.63, 3.8) is 0 Å². The Balaban J connectivity index is 1.93. The third-order valence-electron chi connectivity index (χ3n) is 7.20. The first-order valence-corrected chi connectivity index (χ1v) is 16.1. The highest BCUT2D eigenvalue weighted by Gasteiger charge is 2.33. The highest BCUT2D eigenvalue weighted by atomic mass is 35.5. The van der Waals surface area contributed by atoms with Crippen LogP contribution in [-0.4, -0.2) is 50.0 Å². The molecular weight excluding hydrogens is 557 g/mol. The number of rotatable bonds is 11. The molecule has 0 spiro atoms. The minimum Gasteiger partial charge on any atom is -0.352 e. The van der Waals surface area contributed by atoms with Crippen LogP contribution in [0.1, 0.15) is 76.3 Å². The molecule has 10 heteroatoms. The lowest BCUT2D eigenvalue weighted by Gasteiger charge is -2.34. The van der Waals surface area contributed by atoms with E-state index in [1.807, 2.05) is 19.1 Å². The second-order valence-corrected chi connectivity index (χ2v) is 13.3. The topological polar surface area (TPSA) is 86.8 Å². The Bertz CT molecular complexity index is 1250. The number of amides is 2. The summed E-state index contributed by atoms with van der Waals surface area (Å²) >= 11 is 12.3. The summed E-state index contributed by atoms with van der Waals surface area (Å²) in [5.74, 6) is -0.433. The fourth-order valence-electron chi connectivity index (χ4n) is 4.94. The number of hydrogen-bond acceptors (Lipinski definition) is 4. The minimum absolute atomic E-state index is 0.0780. The minimum atomic E-state index is -3.79. The number of hydrogen-bond donors (Lipinski definition) is 1. The molecule has 1 atom stereocenters. The second kappa shape index (κ2) is 13.9. The lowest BCUT2D eigenvalue weighted by molar-refractivity contribution is -0.140. The van der Waals surface area contributed by atoms with Crippen LogP contribution in [0, 0.1) is 0 Å².